The second kappa shape index (κ2) is 4.28. The number of carbonyl (C=O) groups excluding carboxylic acids is 1. The minimum atomic E-state index is -0.422. The number of rotatable bonds is 2. The highest BCUT2D eigenvalue weighted by Gasteiger charge is 2.26. The molecule has 1 aliphatic rings. The van der Waals surface area contributed by atoms with Gasteiger partial charge in [-0.1, -0.05) is 0 Å². The average molecular weight is 200 g/mol. The van der Waals surface area contributed by atoms with Gasteiger partial charge in [0.2, 0.25) is 5.91 Å². The summed E-state index contributed by atoms with van der Waals surface area (Å²) in [5.41, 5.74) is 5.39. The van der Waals surface area contributed by atoms with E-state index >= 15 is 0 Å². The van der Waals surface area contributed by atoms with Crippen molar-refractivity contribution < 1.29 is 9.53 Å². The number of hydrogen-bond donors (Lipinski definition) is 1. The van der Waals surface area contributed by atoms with E-state index < -0.39 is 5.54 Å². The van der Waals surface area contributed by atoms with Crippen molar-refractivity contribution in [1.29, 1.82) is 0 Å². The molecule has 0 aliphatic carbocycles. The summed E-state index contributed by atoms with van der Waals surface area (Å²) in [6, 6.07) is 0.179. The molecule has 2 N–H and O–H groups in total. The lowest BCUT2D eigenvalue weighted by atomic mass is 10.0. The largest absolute Gasteiger partial charge is 0.377 e. The summed E-state index contributed by atoms with van der Waals surface area (Å²) in [6.07, 6.45) is 0.400. The Morgan fingerprint density at radius 2 is 2.29 bits per heavy atom. The topological polar surface area (TPSA) is 55.6 Å². The molecule has 0 aromatic heterocycles. The van der Waals surface area contributed by atoms with Crippen LogP contribution in [0.3, 0.4) is 0 Å². The molecule has 1 rings (SSSR count). The third kappa shape index (κ3) is 3.27. The lowest BCUT2D eigenvalue weighted by Gasteiger charge is -2.35. The number of morpholine rings is 1. The van der Waals surface area contributed by atoms with Gasteiger partial charge in [0, 0.05) is 18.5 Å². The number of carbonyl (C=O) groups is 1. The second-order valence-electron chi connectivity index (χ2n) is 4.68. The molecule has 4 nitrogen and oxygen atoms in total. The third-order valence-electron chi connectivity index (χ3n) is 2.29. The maximum Gasteiger partial charge on any atom is 0.224 e. The molecule has 14 heavy (non-hydrogen) atoms. The maximum atomic E-state index is 11.8. The van der Waals surface area contributed by atoms with E-state index in [0.29, 0.717) is 26.2 Å². The summed E-state index contributed by atoms with van der Waals surface area (Å²) in [5, 5.41) is 0. The zero-order valence-electron chi connectivity index (χ0n) is 9.25. The van der Waals surface area contributed by atoms with E-state index in [1.165, 1.54) is 0 Å². The van der Waals surface area contributed by atoms with Crippen LogP contribution in [-0.2, 0) is 9.53 Å². The Labute approximate surface area is 85.4 Å². The first-order valence-electron chi connectivity index (χ1n) is 5.06. The molecule has 1 heterocycles. The first kappa shape index (κ1) is 11.5. The van der Waals surface area contributed by atoms with E-state index in [-0.39, 0.29) is 11.9 Å². The molecule has 0 aromatic rings. The molecule has 0 bridgehead atoms. The van der Waals surface area contributed by atoms with Gasteiger partial charge in [0.1, 0.15) is 0 Å². The Kier molecular flexibility index (Phi) is 3.50. The predicted octanol–water partition coefficient (Wildman–Crippen LogP) is 0.361. The number of nitrogens with zero attached hydrogens (tertiary/aromatic N) is 1. The number of hydrogen-bond acceptors (Lipinski definition) is 3. The zero-order chi connectivity index (χ0) is 10.8. The van der Waals surface area contributed by atoms with Crippen LogP contribution in [0.25, 0.3) is 0 Å². The van der Waals surface area contributed by atoms with Crippen molar-refractivity contribution in [3.05, 3.63) is 0 Å². The fraction of sp³-hybridized carbons (Fsp3) is 0.900. The summed E-state index contributed by atoms with van der Waals surface area (Å²) in [4.78, 5) is 13.7. The van der Waals surface area contributed by atoms with Gasteiger partial charge in [-0.15, -0.1) is 0 Å². The van der Waals surface area contributed by atoms with Crippen molar-refractivity contribution in [3.8, 4) is 0 Å². The molecule has 1 saturated heterocycles. The fourth-order valence-electron chi connectivity index (χ4n) is 1.59. The summed E-state index contributed by atoms with van der Waals surface area (Å²) in [5.74, 6) is 0.133. The standard InChI is InChI=1S/C10H20N2O2/c1-8-7-14-5-4-12(8)9(13)6-10(2,3)11/h8H,4-7,11H2,1-3H3/t8-/m1/s1. The van der Waals surface area contributed by atoms with E-state index in [2.05, 4.69) is 0 Å². The van der Waals surface area contributed by atoms with Crippen LogP contribution in [0.4, 0.5) is 0 Å². The van der Waals surface area contributed by atoms with Gasteiger partial charge in [0.25, 0.3) is 0 Å². The molecule has 0 aromatic carbocycles. The van der Waals surface area contributed by atoms with Crippen molar-refractivity contribution in [2.24, 2.45) is 5.73 Å². The molecule has 82 valence electrons. The molecule has 0 saturated carbocycles. The molecular weight excluding hydrogens is 180 g/mol. The molecule has 4 heteroatoms. The lowest BCUT2D eigenvalue weighted by molar-refractivity contribution is -0.140. The van der Waals surface area contributed by atoms with Gasteiger partial charge in [0.05, 0.1) is 19.3 Å². The first-order chi connectivity index (χ1) is 6.40. The first-order valence-corrected chi connectivity index (χ1v) is 5.06. The lowest BCUT2D eigenvalue weighted by Crippen LogP contribution is -2.50. The molecule has 0 spiro atoms. The van der Waals surface area contributed by atoms with Crippen molar-refractivity contribution in [3.63, 3.8) is 0 Å². The summed E-state index contributed by atoms with van der Waals surface area (Å²) in [7, 11) is 0. The Hall–Kier alpha value is -0.610. The van der Waals surface area contributed by atoms with Crippen molar-refractivity contribution in [1.82, 2.24) is 4.90 Å². The van der Waals surface area contributed by atoms with Gasteiger partial charge in [0.15, 0.2) is 0 Å². The van der Waals surface area contributed by atoms with Crippen molar-refractivity contribution in [2.45, 2.75) is 38.8 Å². The Morgan fingerprint density at radius 3 is 2.79 bits per heavy atom. The summed E-state index contributed by atoms with van der Waals surface area (Å²) in [6.45, 7) is 7.71. The second-order valence-corrected chi connectivity index (χ2v) is 4.68. The summed E-state index contributed by atoms with van der Waals surface area (Å²) >= 11 is 0. The number of nitrogens with two attached hydrogens (primary N) is 1. The minimum absolute atomic E-state index is 0.133. The third-order valence-corrected chi connectivity index (χ3v) is 2.29. The maximum absolute atomic E-state index is 11.8. The van der Waals surface area contributed by atoms with Crippen molar-refractivity contribution in [2.75, 3.05) is 19.8 Å². The zero-order valence-corrected chi connectivity index (χ0v) is 9.25. The molecule has 1 fully saturated rings. The minimum Gasteiger partial charge on any atom is -0.377 e. The molecule has 1 aliphatic heterocycles. The summed E-state index contributed by atoms with van der Waals surface area (Å²) < 4.78 is 5.27. The quantitative estimate of drug-likeness (QED) is 0.700. The van der Waals surface area contributed by atoms with Crippen LogP contribution in [0.1, 0.15) is 27.2 Å². The van der Waals surface area contributed by atoms with Crippen LogP contribution in [-0.4, -0.2) is 42.1 Å². The molecular formula is C10H20N2O2. The van der Waals surface area contributed by atoms with Gasteiger partial charge < -0.3 is 15.4 Å². The Bertz CT molecular complexity index is 211. The number of ether oxygens (including phenoxy) is 1. The van der Waals surface area contributed by atoms with E-state index in [1.54, 1.807) is 0 Å². The normalized spacial score (nSPS) is 23.7. The van der Waals surface area contributed by atoms with Crippen LogP contribution in [0.5, 0.6) is 0 Å². The predicted molar refractivity (Wildman–Crippen MR) is 54.9 cm³/mol. The molecule has 0 unspecified atom stereocenters. The van der Waals surface area contributed by atoms with Gasteiger partial charge in [-0.25, -0.2) is 0 Å². The van der Waals surface area contributed by atoms with Crippen LogP contribution in [0, 0.1) is 0 Å². The van der Waals surface area contributed by atoms with E-state index in [1.807, 2.05) is 25.7 Å². The van der Waals surface area contributed by atoms with Gasteiger partial charge in [-0.3, -0.25) is 4.79 Å². The van der Waals surface area contributed by atoms with Crippen LogP contribution in [0.2, 0.25) is 0 Å². The SMILES string of the molecule is C[C@@H]1COCCN1C(=O)CC(C)(C)N. The fourth-order valence-corrected chi connectivity index (χ4v) is 1.59. The molecule has 1 atom stereocenters. The van der Waals surface area contributed by atoms with E-state index in [9.17, 15) is 4.79 Å². The Morgan fingerprint density at radius 1 is 1.64 bits per heavy atom. The highest BCUT2D eigenvalue weighted by atomic mass is 16.5. The van der Waals surface area contributed by atoms with Gasteiger partial charge >= 0.3 is 0 Å². The Balaban J connectivity index is 2.50. The molecule has 0 radical (unpaired) electrons. The average Bonchev–Trinajstić information content (AvgIpc) is 2.01. The van der Waals surface area contributed by atoms with Gasteiger partial charge in [-0.05, 0) is 20.8 Å². The van der Waals surface area contributed by atoms with Crippen LogP contribution >= 0.6 is 0 Å². The van der Waals surface area contributed by atoms with Gasteiger partial charge in [-0.2, -0.15) is 0 Å². The van der Waals surface area contributed by atoms with E-state index in [4.69, 9.17) is 10.5 Å². The van der Waals surface area contributed by atoms with E-state index in [0.717, 1.165) is 0 Å². The number of amides is 1. The highest BCUT2D eigenvalue weighted by Crippen LogP contribution is 2.12. The highest BCUT2D eigenvalue weighted by molar-refractivity contribution is 5.77. The molecule has 1 amide bonds. The smallest absolute Gasteiger partial charge is 0.224 e. The van der Waals surface area contributed by atoms with Crippen molar-refractivity contribution >= 4 is 5.91 Å². The van der Waals surface area contributed by atoms with Crippen LogP contribution < -0.4 is 5.73 Å². The van der Waals surface area contributed by atoms with Crippen LogP contribution in [0.15, 0.2) is 0 Å². The monoisotopic (exact) mass is 200 g/mol.